The standard InChI is InChI=1S/C19H16N2.C2H6/c1-4-10-16(11-5-1)19(17-12-6-2-7-13-17)21-20-18-14-8-3-9-15-18;1-2/h1-15,20H;1-2H3. The van der Waals surface area contributed by atoms with E-state index in [2.05, 4.69) is 34.8 Å². The molecule has 3 rings (SSSR count). The van der Waals surface area contributed by atoms with Gasteiger partial charge in [0.1, 0.15) is 0 Å². The van der Waals surface area contributed by atoms with Crippen molar-refractivity contribution in [3.8, 4) is 0 Å². The second-order valence-electron chi connectivity index (χ2n) is 4.67. The molecule has 0 atom stereocenters. The van der Waals surface area contributed by atoms with Crippen LogP contribution in [0.2, 0.25) is 0 Å². The van der Waals surface area contributed by atoms with Gasteiger partial charge in [-0.3, -0.25) is 5.43 Å². The van der Waals surface area contributed by atoms with Gasteiger partial charge < -0.3 is 0 Å². The van der Waals surface area contributed by atoms with E-state index in [1.165, 1.54) is 0 Å². The molecular weight excluding hydrogens is 280 g/mol. The van der Waals surface area contributed by atoms with Crippen molar-refractivity contribution in [1.82, 2.24) is 0 Å². The number of para-hydroxylation sites is 1. The summed E-state index contributed by atoms with van der Waals surface area (Å²) in [7, 11) is 0. The fourth-order valence-electron chi connectivity index (χ4n) is 2.12. The van der Waals surface area contributed by atoms with Gasteiger partial charge in [0.15, 0.2) is 0 Å². The number of hydrazone groups is 1. The van der Waals surface area contributed by atoms with Gasteiger partial charge in [0.2, 0.25) is 0 Å². The lowest BCUT2D eigenvalue weighted by molar-refractivity contribution is 1.32. The Bertz CT molecular complexity index is 663. The SMILES string of the molecule is CC.c1ccc(NN=C(c2ccccc2)c2ccccc2)cc1. The Balaban J connectivity index is 0.000000924. The van der Waals surface area contributed by atoms with Gasteiger partial charge in [-0.05, 0) is 12.1 Å². The first-order valence-electron chi connectivity index (χ1n) is 7.93. The highest BCUT2D eigenvalue weighted by Crippen LogP contribution is 2.12. The van der Waals surface area contributed by atoms with E-state index in [9.17, 15) is 0 Å². The lowest BCUT2D eigenvalue weighted by Gasteiger charge is -2.08. The predicted octanol–water partition coefficient (Wildman–Crippen LogP) is 5.58. The van der Waals surface area contributed by atoms with Gasteiger partial charge in [-0.1, -0.05) is 92.7 Å². The van der Waals surface area contributed by atoms with Crippen LogP contribution in [0.5, 0.6) is 0 Å². The average molecular weight is 302 g/mol. The minimum atomic E-state index is 0.931. The molecule has 0 fully saturated rings. The summed E-state index contributed by atoms with van der Waals surface area (Å²) in [4.78, 5) is 0. The van der Waals surface area contributed by atoms with E-state index in [4.69, 9.17) is 0 Å². The van der Waals surface area contributed by atoms with Crippen LogP contribution in [-0.4, -0.2) is 5.71 Å². The van der Waals surface area contributed by atoms with Crippen LogP contribution in [-0.2, 0) is 0 Å². The second kappa shape index (κ2) is 9.21. The van der Waals surface area contributed by atoms with E-state index < -0.39 is 0 Å². The van der Waals surface area contributed by atoms with E-state index in [1.54, 1.807) is 0 Å². The molecule has 0 aliphatic carbocycles. The predicted molar refractivity (Wildman–Crippen MR) is 99.9 cm³/mol. The van der Waals surface area contributed by atoms with E-state index in [0.717, 1.165) is 22.5 Å². The van der Waals surface area contributed by atoms with Crippen LogP contribution >= 0.6 is 0 Å². The van der Waals surface area contributed by atoms with E-state index in [1.807, 2.05) is 80.6 Å². The smallest absolute Gasteiger partial charge is 0.0977 e. The Kier molecular flexibility index (Phi) is 6.61. The highest BCUT2D eigenvalue weighted by molar-refractivity contribution is 6.13. The third kappa shape index (κ3) is 4.82. The van der Waals surface area contributed by atoms with Crippen molar-refractivity contribution in [3.63, 3.8) is 0 Å². The maximum Gasteiger partial charge on any atom is 0.0977 e. The molecule has 23 heavy (non-hydrogen) atoms. The Labute approximate surface area is 138 Å². The topological polar surface area (TPSA) is 24.4 Å². The lowest BCUT2D eigenvalue weighted by Crippen LogP contribution is -2.06. The Hall–Kier alpha value is -2.87. The molecular formula is C21H22N2. The number of anilines is 1. The van der Waals surface area contributed by atoms with Gasteiger partial charge in [-0.2, -0.15) is 5.10 Å². The Morgan fingerprint density at radius 1 is 0.609 bits per heavy atom. The molecule has 1 N–H and O–H groups in total. The molecule has 0 bridgehead atoms. The van der Waals surface area contributed by atoms with Crippen molar-refractivity contribution in [2.24, 2.45) is 5.10 Å². The lowest BCUT2D eigenvalue weighted by atomic mass is 10.0. The summed E-state index contributed by atoms with van der Waals surface area (Å²) >= 11 is 0. The molecule has 0 radical (unpaired) electrons. The minimum absolute atomic E-state index is 0.931. The molecule has 0 aliphatic heterocycles. The Morgan fingerprint density at radius 2 is 1.00 bits per heavy atom. The van der Waals surface area contributed by atoms with Gasteiger partial charge in [-0.25, -0.2) is 0 Å². The first kappa shape index (κ1) is 16.5. The van der Waals surface area contributed by atoms with Crippen LogP contribution in [0.15, 0.2) is 96.1 Å². The zero-order chi connectivity index (χ0) is 16.3. The number of nitrogens with zero attached hydrogens (tertiary/aromatic N) is 1. The molecule has 116 valence electrons. The van der Waals surface area contributed by atoms with Crippen molar-refractivity contribution in [2.75, 3.05) is 5.43 Å². The molecule has 0 unspecified atom stereocenters. The van der Waals surface area contributed by atoms with Crippen LogP contribution in [0.25, 0.3) is 0 Å². The van der Waals surface area contributed by atoms with Crippen molar-refractivity contribution in [3.05, 3.63) is 102 Å². The molecule has 0 amide bonds. The minimum Gasteiger partial charge on any atom is -0.278 e. The van der Waals surface area contributed by atoms with Gasteiger partial charge in [0, 0.05) is 11.1 Å². The molecule has 3 aromatic rings. The molecule has 0 saturated heterocycles. The zero-order valence-corrected chi connectivity index (χ0v) is 13.6. The van der Waals surface area contributed by atoms with Crippen LogP contribution in [0.3, 0.4) is 0 Å². The summed E-state index contributed by atoms with van der Waals surface area (Å²) in [5, 5.41) is 4.60. The van der Waals surface area contributed by atoms with Crippen molar-refractivity contribution in [1.29, 1.82) is 0 Å². The highest BCUT2D eigenvalue weighted by atomic mass is 15.3. The number of rotatable bonds is 4. The van der Waals surface area contributed by atoms with Crippen LogP contribution in [0, 0.1) is 0 Å². The second-order valence-corrected chi connectivity index (χ2v) is 4.67. The molecule has 2 heteroatoms. The largest absolute Gasteiger partial charge is 0.278 e. The third-order valence-corrected chi connectivity index (χ3v) is 3.17. The first-order chi connectivity index (χ1) is 11.4. The summed E-state index contributed by atoms with van der Waals surface area (Å²) in [5.41, 5.74) is 7.21. The van der Waals surface area contributed by atoms with Gasteiger partial charge >= 0.3 is 0 Å². The molecule has 3 aromatic carbocycles. The Morgan fingerprint density at radius 3 is 1.43 bits per heavy atom. The number of hydrogen-bond donors (Lipinski definition) is 1. The normalized spacial score (nSPS) is 9.30. The van der Waals surface area contributed by atoms with Crippen LogP contribution < -0.4 is 5.43 Å². The number of nitrogens with one attached hydrogen (secondary N) is 1. The zero-order valence-electron chi connectivity index (χ0n) is 13.6. The summed E-state index contributed by atoms with van der Waals surface area (Å²) in [6.07, 6.45) is 0. The molecule has 0 heterocycles. The summed E-state index contributed by atoms with van der Waals surface area (Å²) < 4.78 is 0. The van der Waals surface area contributed by atoms with E-state index in [0.29, 0.717) is 0 Å². The molecule has 0 spiro atoms. The molecule has 0 saturated carbocycles. The third-order valence-electron chi connectivity index (χ3n) is 3.17. The molecule has 0 aromatic heterocycles. The van der Waals surface area contributed by atoms with Crippen molar-refractivity contribution in [2.45, 2.75) is 13.8 Å². The summed E-state index contributed by atoms with van der Waals surface area (Å²) in [5.74, 6) is 0. The maximum absolute atomic E-state index is 4.60. The van der Waals surface area contributed by atoms with Gasteiger partial charge in [0.05, 0.1) is 11.4 Å². The average Bonchev–Trinajstić information content (AvgIpc) is 2.66. The molecule has 0 aliphatic rings. The highest BCUT2D eigenvalue weighted by Gasteiger charge is 2.06. The van der Waals surface area contributed by atoms with Crippen LogP contribution in [0.4, 0.5) is 5.69 Å². The van der Waals surface area contributed by atoms with Crippen molar-refractivity contribution < 1.29 is 0 Å². The number of benzene rings is 3. The fourth-order valence-corrected chi connectivity index (χ4v) is 2.12. The number of hydrogen-bond acceptors (Lipinski definition) is 2. The van der Waals surface area contributed by atoms with E-state index >= 15 is 0 Å². The fraction of sp³-hybridized carbons (Fsp3) is 0.0952. The first-order valence-corrected chi connectivity index (χ1v) is 7.93. The summed E-state index contributed by atoms with van der Waals surface area (Å²) in [6, 6.07) is 30.4. The summed E-state index contributed by atoms with van der Waals surface area (Å²) in [6.45, 7) is 4.00. The van der Waals surface area contributed by atoms with Gasteiger partial charge in [0.25, 0.3) is 0 Å². The van der Waals surface area contributed by atoms with E-state index in [-0.39, 0.29) is 0 Å². The molecule has 2 nitrogen and oxygen atoms in total. The quantitative estimate of drug-likeness (QED) is 0.494. The van der Waals surface area contributed by atoms with Gasteiger partial charge in [-0.15, -0.1) is 0 Å². The van der Waals surface area contributed by atoms with Crippen LogP contribution in [0.1, 0.15) is 25.0 Å². The van der Waals surface area contributed by atoms with Crippen molar-refractivity contribution >= 4 is 11.4 Å². The maximum atomic E-state index is 4.60. The monoisotopic (exact) mass is 302 g/mol.